The molecule has 0 bridgehead atoms. The fourth-order valence-electron chi connectivity index (χ4n) is 4.07. The number of benzene rings is 1. The second-order valence-corrected chi connectivity index (χ2v) is 7.61. The molecular formula is C23H19N5O3. The molecule has 0 spiro atoms. The van der Waals surface area contributed by atoms with Gasteiger partial charge in [0.15, 0.2) is 0 Å². The van der Waals surface area contributed by atoms with Crippen LogP contribution >= 0.6 is 0 Å². The van der Waals surface area contributed by atoms with Gasteiger partial charge in [0.25, 0.3) is 0 Å². The minimum Gasteiger partial charge on any atom is -0.477 e. The smallest absolute Gasteiger partial charge is 0.341 e. The predicted octanol–water partition coefficient (Wildman–Crippen LogP) is 2.89. The van der Waals surface area contributed by atoms with E-state index in [1.165, 1.54) is 11.8 Å². The number of carboxylic acids is 1. The number of pyridine rings is 3. The molecule has 0 aliphatic carbocycles. The van der Waals surface area contributed by atoms with E-state index in [9.17, 15) is 14.7 Å². The van der Waals surface area contributed by atoms with Crippen molar-refractivity contribution in [1.82, 2.24) is 14.5 Å². The van der Waals surface area contributed by atoms with Gasteiger partial charge in [-0.1, -0.05) is 6.07 Å². The summed E-state index contributed by atoms with van der Waals surface area (Å²) < 4.78 is 1.70. The Kier molecular flexibility index (Phi) is 4.21. The summed E-state index contributed by atoms with van der Waals surface area (Å²) in [7, 11) is 0. The Morgan fingerprint density at radius 2 is 2.00 bits per heavy atom. The van der Waals surface area contributed by atoms with Crippen LogP contribution in [0.15, 0.2) is 59.8 Å². The lowest BCUT2D eigenvalue weighted by Gasteiger charge is -2.20. The first-order valence-electron chi connectivity index (χ1n) is 9.75. The highest BCUT2D eigenvalue weighted by atomic mass is 16.4. The largest absolute Gasteiger partial charge is 0.477 e. The van der Waals surface area contributed by atoms with Crippen LogP contribution in [0.25, 0.3) is 16.6 Å². The molecule has 0 atom stereocenters. The van der Waals surface area contributed by atoms with Crippen LogP contribution in [0.3, 0.4) is 0 Å². The minimum atomic E-state index is -1.27. The van der Waals surface area contributed by atoms with Crippen LogP contribution < -0.4 is 16.1 Å². The highest BCUT2D eigenvalue weighted by Crippen LogP contribution is 2.30. The van der Waals surface area contributed by atoms with Crippen LogP contribution in [0, 0.1) is 6.92 Å². The van der Waals surface area contributed by atoms with Gasteiger partial charge >= 0.3 is 5.97 Å². The summed E-state index contributed by atoms with van der Waals surface area (Å²) in [6, 6.07) is 11.1. The summed E-state index contributed by atoms with van der Waals surface area (Å²) in [5.74, 6) is -0.903. The number of nitrogens with two attached hydrogens (primary N) is 1. The lowest BCUT2D eigenvalue weighted by atomic mass is 10.1. The van der Waals surface area contributed by atoms with E-state index in [0.717, 1.165) is 16.9 Å². The summed E-state index contributed by atoms with van der Waals surface area (Å²) in [4.78, 5) is 35.4. The van der Waals surface area contributed by atoms with Crippen LogP contribution in [0.2, 0.25) is 0 Å². The lowest BCUT2D eigenvalue weighted by molar-refractivity contribution is 0.0695. The van der Waals surface area contributed by atoms with E-state index in [2.05, 4.69) is 20.9 Å². The van der Waals surface area contributed by atoms with Crippen molar-refractivity contribution in [2.24, 2.45) is 0 Å². The average molecular weight is 413 g/mol. The van der Waals surface area contributed by atoms with E-state index in [4.69, 9.17) is 5.73 Å². The zero-order valence-electron chi connectivity index (χ0n) is 16.7. The van der Waals surface area contributed by atoms with Gasteiger partial charge in [0.1, 0.15) is 11.4 Å². The van der Waals surface area contributed by atoms with Crippen LogP contribution in [0.4, 0.5) is 11.5 Å². The molecular weight excluding hydrogens is 394 g/mol. The molecule has 5 rings (SSSR count). The third kappa shape index (κ3) is 3.09. The Hall–Kier alpha value is -4.20. The van der Waals surface area contributed by atoms with Gasteiger partial charge in [0, 0.05) is 30.0 Å². The Balaban J connectivity index is 1.72. The molecule has 1 aromatic carbocycles. The molecule has 8 nitrogen and oxygen atoms in total. The molecule has 1 aliphatic heterocycles. The van der Waals surface area contributed by atoms with Crippen molar-refractivity contribution in [3.63, 3.8) is 0 Å². The number of aromatic nitrogens is 3. The van der Waals surface area contributed by atoms with Crippen LogP contribution in [0.1, 0.15) is 27.2 Å². The minimum absolute atomic E-state index is 0.297. The maximum Gasteiger partial charge on any atom is 0.341 e. The number of rotatable bonds is 3. The zero-order valence-corrected chi connectivity index (χ0v) is 16.7. The quantitative estimate of drug-likeness (QED) is 0.531. The SMILES string of the molecule is Cc1cc(N)ncc1-n1cc(C(=O)O)c(=O)c2ccc(N3Cc4cccnc4C3)cc21. The van der Waals surface area contributed by atoms with Gasteiger partial charge in [-0.15, -0.1) is 0 Å². The van der Waals surface area contributed by atoms with Crippen molar-refractivity contribution < 1.29 is 9.90 Å². The Morgan fingerprint density at radius 3 is 2.74 bits per heavy atom. The van der Waals surface area contributed by atoms with Gasteiger partial charge in [-0.3, -0.25) is 9.78 Å². The number of fused-ring (bicyclic) bond motifs is 2. The van der Waals surface area contributed by atoms with Gasteiger partial charge in [-0.2, -0.15) is 0 Å². The Bertz CT molecular complexity index is 1400. The van der Waals surface area contributed by atoms with E-state index >= 15 is 0 Å². The molecule has 1 aliphatic rings. The number of aromatic carboxylic acids is 1. The predicted molar refractivity (Wildman–Crippen MR) is 118 cm³/mol. The lowest BCUT2D eigenvalue weighted by Crippen LogP contribution is -2.20. The highest BCUT2D eigenvalue weighted by Gasteiger charge is 2.22. The number of carbonyl (C=O) groups is 1. The molecule has 8 heteroatoms. The van der Waals surface area contributed by atoms with E-state index in [-0.39, 0.29) is 5.56 Å². The maximum absolute atomic E-state index is 12.9. The first kappa shape index (κ1) is 18.8. The topological polar surface area (TPSA) is 114 Å². The molecule has 0 saturated carbocycles. The number of hydrogen-bond acceptors (Lipinski definition) is 6. The second-order valence-electron chi connectivity index (χ2n) is 7.61. The van der Waals surface area contributed by atoms with Crippen molar-refractivity contribution in [2.75, 3.05) is 10.6 Å². The van der Waals surface area contributed by atoms with Gasteiger partial charge < -0.3 is 20.3 Å². The molecule has 0 radical (unpaired) electrons. The van der Waals surface area contributed by atoms with Crippen LogP contribution in [-0.4, -0.2) is 25.6 Å². The molecule has 0 fully saturated rings. The molecule has 31 heavy (non-hydrogen) atoms. The first-order chi connectivity index (χ1) is 14.9. The molecule has 4 heterocycles. The summed E-state index contributed by atoms with van der Waals surface area (Å²) in [6.07, 6.45) is 4.73. The second kappa shape index (κ2) is 6.94. The van der Waals surface area contributed by atoms with E-state index in [0.29, 0.717) is 35.5 Å². The number of aryl methyl sites for hydroxylation is 1. The van der Waals surface area contributed by atoms with Gasteiger partial charge in [-0.25, -0.2) is 9.78 Å². The van der Waals surface area contributed by atoms with Crippen molar-refractivity contribution in [3.05, 3.63) is 87.6 Å². The Labute approximate surface area is 177 Å². The number of nitrogens with zero attached hydrogens (tertiary/aromatic N) is 4. The average Bonchev–Trinajstić information content (AvgIpc) is 3.18. The van der Waals surface area contributed by atoms with Crippen molar-refractivity contribution in [3.8, 4) is 5.69 Å². The number of anilines is 2. The monoisotopic (exact) mass is 413 g/mol. The van der Waals surface area contributed by atoms with Crippen molar-refractivity contribution in [1.29, 1.82) is 0 Å². The number of carboxylic acid groups (broad SMARTS) is 1. The summed E-state index contributed by atoms with van der Waals surface area (Å²) in [5, 5.41) is 9.90. The van der Waals surface area contributed by atoms with Crippen LogP contribution in [-0.2, 0) is 13.1 Å². The summed E-state index contributed by atoms with van der Waals surface area (Å²) in [6.45, 7) is 3.25. The third-order valence-corrected chi connectivity index (χ3v) is 5.63. The Morgan fingerprint density at radius 1 is 1.16 bits per heavy atom. The van der Waals surface area contributed by atoms with E-state index < -0.39 is 11.4 Å². The molecule has 154 valence electrons. The highest BCUT2D eigenvalue weighted by molar-refractivity contribution is 5.94. The van der Waals surface area contributed by atoms with E-state index in [1.807, 2.05) is 25.1 Å². The molecule has 0 amide bonds. The molecule has 0 saturated heterocycles. The summed E-state index contributed by atoms with van der Waals surface area (Å²) >= 11 is 0. The number of hydrogen-bond donors (Lipinski definition) is 2. The third-order valence-electron chi connectivity index (χ3n) is 5.63. The van der Waals surface area contributed by atoms with Gasteiger partial charge in [-0.05, 0) is 48.4 Å². The fraction of sp³-hybridized carbons (Fsp3) is 0.130. The normalized spacial score (nSPS) is 12.9. The molecule has 0 unspecified atom stereocenters. The van der Waals surface area contributed by atoms with Crippen LogP contribution in [0.5, 0.6) is 0 Å². The molecule has 3 aromatic heterocycles. The van der Waals surface area contributed by atoms with Gasteiger partial charge in [0.05, 0.1) is 29.6 Å². The van der Waals surface area contributed by atoms with Crippen molar-refractivity contribution in [2.45, 2.75) is 20.0 Å². The standard InChI is InChI=1S/C23H19N5O3/c1-13-7-21(24)26-9-20(13)28-11-17(23(30)31)22(29)16-5-4-15(8-19(16)28)27-10-14-3-2-6-25-18(14)12-27/h2-9,11H,10,12H2,1H3,(H2,24,26)(H,30,31). The molecule has 4 aromatic rings. The van der Waals surface area contributed by atoms with Crippen molar-refractivity contribution >= 4 is 28.4 Å². The first-order valence-corrected chi connectivity index (χ1v) is 9.75. The van der Waals surface area contributed by atoms with Gasteiger partial charge in [0.2, 0.25) is 5.43 Å². The van der Waals surface area contributed by atoms with E-state index in [1.54, 1.807) is 29.1 Å². The fourth-order valence-corrected chi connectivity index (χ4v) is 4.07. The number of nitrogen functional groups attached to an aromatic ring is 1. The maximum atomic E-state index is 12.9. The molecule has 3 N–H and O–H groups in total. The zero-order chi connectivity index (χ0) is 21.7. The summed E-state index contributed by atoms with van der Waals surface area (Å²) in [5.41, 5.74) is 10.2.